The average Bonchev–Trinajstić information content (AvgIpc) is 3.64. The second-order valence-electron chi connectivity index (χ2n) is 22.1. The van der Waals surface area contributed by atoms with E-state index >= 15 is 0 Å². The maximum absolute atomic E-state index is 2.77. The first-order chi connectivity index (χ1) is 27.1. The van der Waals surface area contributed by atoms with Crippen LogP contribution in [0.1, 0.15) is 122 Å². The second kappa shape index (κ2) is 11.6. The van der Waals surface area contributed by atoms with E-state index in [-0.39, 0.29) is 28.5 Å². The van der Waals surface area contributed by atoms with Crippen molar-refractivity contribution in [2.75, 3.05) is 0 Å². The molecule has 0 radical (unpaired) electrons. The molecule has 2 nitrogen and oxygen atoms in total. The lowest BCUT2D eigenvalue weighted by molar-refractivity contribution is 0.590. The summed E-state index contributed by atoms with van der Waals surface area (Å²) >= 11 is 0. The first-order valence-corrected chi connectivity index (χ1v) is 21.6. The van der Waals surface area contributed by atoms with Gasteiger partial charge in [-0.25, -0.2) is 0 Å². The van der Waals surface area contributed by atoms with Gasteiger partial charge in [0.1, 0.15) is 0 Å². The highest BCUT2D eigenvalue weighted by Gasteiger charge is 2.44. The minimum atomic E-state index is -0.0319. The fourth-order valence-corrected chi connectivity index (χ4v) is 10.6. The van der Waals surface area contributed by atoms with Crippen LogP contribution in [-0.4, -0.2) is 15.9 Å². The third kappa shape index (κ3) is 5.04. The van der Waals surface area contributed by atoms with Gasteiger partial charge in [0.25, 0.3) is 0 Å². The molecule has 6 aromatic carbocycles. The van der Waals surface area contributed by atoms with Gasteiger partial charge in [-0.3, -0.25) is 0 Å². The zero-order valence-electron chi connectivity index (χ0n) is 37.6. The van der Waals surface area contributed by atoms with Gasteiger partial charge < -0.3 is 9.05 Å². The Hall–Kier alpha value is -5.02. The van der Waals surface area contributed by atoms with Crippen LogP contribution in [0.25, 0.3) is 71.6 Å². The Bertz CT molecular complexity index is 3090. The fraction of sp³-hybridized carbons (Fsp3) is 0.345. The molecule has 3 heteroatoms. The van der Waals surface area contributed by atoms with Crippen molar-refractivity contribution in [3.63, 3.8) is 0 Å². The molecule has 0 aliphatic carbocycles. The van der Waals surface area contributed by atoms with Crippen LogP contribution in [0.5, 0.6) is 0 Å². The van der Waals surface area contributed by atoms with Crippen molar-refractivity contribution in [2.24, 2.45) is 0 Å². The number of fused-ring (bicyclic) bond motifs is 10. The summed E-state index contributed by atoms with van der Waals surface area (Å²) in [4.78, 5) is 0. The fourth-order valence-electron chi connectivity index (χ4n) is 10.6. The third-order valence-electron chi connectivity index (χ3n) is 13.9. The maximum atomic E-state index is 2.77. The summed E-state index contributed by atoms with van der Waals surface area (Å²) < 4.78 is 5.44. The van der Waals surface area contributed by atoms with Crippen molar-refractivity contribution in [3.05, 3.63) is 124 Å². The highest BCUT2D eigenvalue weighted by Crippen LogP contribution is 2.49. The highest BCUT2D eigenvalue weighted by atomic mass is 15.0. The van der Waals surface area contributed by atoms with Crippen LogP contribution in [0.4, 0.5) is 0 Å². The quantitative estimate of drug-likeness (QED) is 0.148. The molecule has 4 heterocycles. The summed E-state index contributed by atoms with van der Waals surface area (Å²) in [7, 11) is 0. The molecule has 58 heavy (non-hydrogen) atoms. The van der Waals surface area contributed by atoms with Gasteiger partial charge in [-0.05, 0) is 158 Å². The van der Waals surface area contributed by atoms with E-state index in [1.54, 1.807) is 0 Å². The van der Waals surface area contributed by atoms with Crippen LogP contribution < -0.4 is 10.9 Å². The van der Waals surface area contributed by atoms with E-state index in [4.69, 9.17) is 0 Å². The molecule has 8 aromatic rings. The van der Waals surface area contributed by atoms with Crippen LogP contribution in [0.15, 0.2) is 84.9 Å². The minimum Gasteiger partial charge on any atom is -0.375 e. The average molecular weight is 759 g/mol. The highest BCUT2D eigenvalue weighted by molar-refractivity contribution is 6.90. The lowest BCUT2D eigenvalue weighted by Gasteiger charge is -2.37. The third-order valence-corrected chi connectivity index (χ3v) is 13.9. The molecule has 292 valence electrons. The summed E-state index contributed by atoms with van der Waals surface area (Å²) in [6.07, 6.45) is 0. The van der Waals surface area contributed by atoms with Crippen molar-refractivity contribution in [2.45, 2.75) is 126 Å². The molecule has 0 amide bonds. The molecule has 0 fully saturated rings. The van der Waals surface area contributed by atoms with Crippen molar-refractivity contribution < 1.29 is 0 Å². The molecule has 0 saturated heterocycles. The number of nitrogens with zero attached hydrogens (tertiary/aromatic N) is 2. The predicted molar refractivity (Wildman–Crippen MR) is 254 cm³/mol. The van der Waals surface area contributed by atoms with Gasteiger partial charge in [-0.15, -0.1) is 0 Å². The molecular formula is C55H59BN2. The number of rotatable bonds is 1. The Balaban J connectivity index is 1.49. The molecule has 10 rings (SSSR count). The number of hydrogen-bond acceptors (Lipinski definition) is 0. The Morgan fingerprint density at radius 2 is 0.948 bits per heavy atom. The van der Waals surface area contributed by atoms with Crippen LogP contribution in [-0.2, 0) is 21.7 Å². The van der Waals surface area contributed by atoms with E-state index in [2.05, 4.69) is 198 Å². The summed E-state index contributed by atoms with van der Waals surface area (Å²) in [6, 6.07) is 34.3. The van der Waals surface area contributed by atoms with Gasteiger partial charge in [0.15, 0.2) is 0 Å². The van der Waals surface area contributed by atoms with Crippen molar-refractivity contribution in [1.29, 1.82) is 0 Å². The number of aromatic nitrogens is 2. The lowest BCUT2D eigenvalue weighted by atomic mass is 9.45. The minimum absolute atomic E-state index is 0.00731. The zero-order valence-corrected chi connectivity index (χ0v) is 37.6. The first kappa shape index (κ1) is 37.3. The van der Waals surface area contributed by atoms with E-state index in [1.807, 2.05) is 0 Å². The van der Waals surface area contributed by atoms with Crippen LogP contribution in [0.2, 0.25) is 0 Å². The Kier molecular flexibility index (Phi) is 7.45. The lowest BCUT2D eigenvalue weighted by Crippen LogP contribution is -2.55. The van der Waals surface area contributed by atoms with E-state index in [1.165, 1.54) is 121 Å². The van der Waals surface area contributed by atoms with E-state index < -0.39 is 0 Å². The number of aryl methyl sites for hydroxylation is 2. The largest absolute Gasteiger partial charge is 0.375 e. The summed E-state index contributed by atoms with van der Waals surface area (Å²) in [6.45, 7) is 35.3. The monoisotopic (exact) mass is 758 g/mol. The molecule has 0 atom stereocenters. The zero-order chi connectivity index (χ0) is 41.3. The van der Waals surface area contributed by atoms with Gasteiger partial charge in [0.2, 0.25) is 0 Å². The molecule has 0 unspecified atom stereocenters. The van der Waals surface area contributed by atoms with Crippen molar-refractivity contribution in [3.8, 4) is 27.9 Å². The molecule has 0 saturated carbocycles. The number of hydrogen-bond donors (Lipinski definition) is 0. The van der Waals surface area contributed by atoms with Crippen LogP contribution >= 0.6 is 0 Å². The SMILES string of the molecule is Cc1cccc(C)c1-c1cc2c3c(c1C)-c1cc(C(C)(C)C)cc4c5cc(C(C)(C)C)ccc5n(c14)B3c1cc(C(C)(C)C)cc3c4cc(C(C)(C)C)ccc4n-2c13. The predicted octanol–water partition coefficient (Wildman–Crippen LogP) is 13.6. The van der Waals surface area contributed by atoms with Crippen LogP contribution in [0, 0.1) is 20.8 Å². The molecule has 0 N–H and O–H groups in total. The Morgan fingerprint density at radius 3 is 1.52 bits per heavy atom. The van der Waals surface area contributed by atoms with Gasteiger partial charge in [0.05, 0.1) is 11.0 Å². The normalized spacial score (nSPS) is 14.1. The summed E-state index contributed by atoms with van der Waals surface area (Å²) in [5, 5.41) is 5.44. The van der Waals surface area contributed by atoms with E-state index in [9.17, 15) is 0 Å². The number of benzene rings is 6. The van der Waals surface area contributed by atoms with Gasteiger partial charge in [-0.1, -0.05) is 119 Å². The van der Waals surface area contributed by atoms with E-state index in [0.717, 1.165) is 0 Å². The van der Waals surface area contributed by atoms with E-state index in [0.29, 0.717) is 0 Å². The summed E-state index contributed by atoms with van der Waals surface area (Å²) in [5.74, 6) is 0. The summed E-state index contributed by atoms with van der Waals surface area (Å²) in [5.41, 5.74) is 24.5. The molecule has 2 aliphatic rings. The van der Waals surface area contributed by atoms with Gasteiger partial charge >= 0.3 is 6.85 Å². The maximum Gasteiger partial charge on any atom is 0.333 e. The molecule has 0 bridgehead atoms. The molecule has 0 spiro atoms. The standard InChI is InChI=1S/C55H59BN2/c1-30-17-16-18-31(2)47(30)37-29-46-49-48(32(37)3)42-27-35(54(10,11)12)25-40-39-24-34(53(7,8)9)20-22-45(39)58(50(40)42)56(49)43-28-36(55(13,14)15)26-41-38-23-33(52(4,5)6)19-21-44(38)57(46)51(41)43/h16-29H,1-15H3. The van der Waals surface area contributed by atoms with Crippen molar-refractivity contribution in [1.82, 2.24) is 9.05 Å². The smallest absolute Gasteiger partial charge is 0.333 e. The topological polar surface area (TPSA) is 9.86 Å². The van der Waals surface area contributed by atoms with Crippen molar-refractivity contribution >= 4 is 61.4 Å². The van der Waals surface area contributed by atoms with Gasteiger partial charge in [-0.2, -0.15) is 0 Å². The molecule has 2 aromatic heterocycles. The first-order valence-electron chi connectivity index (χ1n) is 21.6. The van der Waals surface area contributed by atoms with Gasteiger partial charge in [0, 0.05) is 43.8 Å². The van der Waals surface area contributed by atoms with Crippen LogP contribution in [0.3, 0.4) is 0 Å². The molecular weight excluding hydrogens is 699 g/mol. The second-order valence-corrected chi connectivity index (χ2v) is 22.1. The Morgan fingerprint density at radius 1 is 0.448 bits per heavy atom. The Labute approximate surface area is 346 Å². The molecule has 2 aliphatic heterocycles.